The first-order valence-corrected chi connectivity index (χ1v) is 7.74. The van der Waals surface area contributed by atoms with Crippen molar-refractivity contribution in [1.82, 2.24) is 0 Å². The van der Waals surface area contributed by atoms with Gasteiger partial charge in [-0.1, -0.05) is 6.07 Å². The molecule has 0 bridgehead atoms. The Morgan fingerprint density at radius 3 is 2.50 bits per heavy atom. The molecule has 2 aromatic rings. The predicted molar refractivity (Wildman–Crippen MR) is 101 cm³/mol. The van der Waals surface area contributed by atoms with Crippen molar-refractivity contribution >= 4 is 23.0 Å². The van der Waals surface area contributed by atoms with Crippen molar-refractivity contribution in [3.8, 4) is 17.6 Å². The first-order valence-electron chi connectivity index (χ1n) is 7.74. The summed E-state index contributed by atoms with van der Waals surface area (Å²) in [6, 6.07) is 12.2. The molecule has 7 heteroatoms. The lowest BCUT2D eigenvalue weighted by molar-refractivity contribution is -0.112. The van der Waals surface area contributed by atoms with Gasteiger partial charge < -0.3 is 25.8 Å². The molecule has 26 heavy (non-hydrogen) atoms. The maximum atomic E-state index is 12.3. The lowest BCUT2D eigenvalue weighted by Gasteiger charge is -2.10. The van der Waals surface area contributed by atoms with Gasteiger partial charge in [0.1, 0.15) is 11.6 Å². The molecule has 0 saturated carbocycles. The van der Waals surface area contributed by atoms with Gasteiger partial charge in [0.2, 0.25) is 0 Å². The van der Waals surface area contributed by atoms with E-state index in [0.717, 1.165) is 5.56 Å². The first-order chi connectivity index (χ1) is 12.5. The van der Waals surface area contributed by atoms with E-state index in [9.17, 15) is 10.1 Å². The van der Waals surface area contributed by atoms with Crippen LogP contribution in [0.5, 0.6) is 11.5 Å². The number of nitrogens with zero attached hydrogens (tertiary/aromatic N) is 1. The number of anilines is 3. The average molecular weight is 352 g/mol. The summed E-state index contributed by atoms with van der Waals surface area (Å²) >= 11 is 0. The third kappa shape index (κ3) is 4.45. The molecule has 2 aromatic carbocycles. The van der Waals surface area contributed by atoms with Gasteiger partial charge in [-0.25, -0.2) is 0 Å². The summed E-state index contributed by atoms with van der Waals surface area (Å²) in [6.07, 6.45) is 1.32. The normalized spacial score (nSPS) is 10.6. The van der Waals surface area contributed by atoms with Crippen molar-refractivity contribution in [3.63, 3.8) is 0 Å². The van der Waals surface area contributed by atoms with Crippen LogP contribution in [0.15, 0.2) is 48.2 Å². The van der Waals surface area contributed by atoms with Gasteiger partial charge in [-0.2, -0.15) is 5.26 Å². The Hall–Kier alpha value is -3.66. The van der Waals surface area contributed by atoms with E-state index in [1.54, 1.807) is 30.3 Å². The first kappa shape index (κ1) is 18.7. The van der Waals surface area contributed by atoms with Gasteiger partial charge in [0, 0.05) is 18.0 Å². The fraction of sp³-hybridized carbons (Fsp3) is 0.158. The zero-order chi connectivity index (χ0) is 19.1. The molecular formula is C19H20N4O3. The molecule has 0 aliphatic heterocycles. The summed E-state index contributed by atoms with van der Waals surface area (Å²) < 4.78 is 10.3. The fourth-order valence-electron chi connectivity index (χ4n) is 2.22. The average Bonchev–Trinajstić information content (AvgIpc) is 2.63. The minimum absolute atomic E-state index is 0.0974. The molecule has 2 rings (SSSR count). The van der Waals surface area contributed by atoms with E-state index in [1.165, 1.54) is 20.4 Å². The number of ether oxygens (including phenoxy) is 2. The molecule has 0 spiro atoms. The van der Waals surface area contributed by atoms with Crippen LogP contribution in [0.25, 0.3) is 0 Å². The van der Waals surface area contributed by atoms with Crippen LogP contribution in [-0.4, -0.2) is 20.1 Å². The number of aryl methyl sites for hydroxylation is 1. The van der Waals surface area contributed by atoms with Crippen LogP contribution < -0.4 is 25.8 Å². The van der Waals surface area contributed by atoms with Crippen molar-refractivity contribution < 1.29 is 14.3 Å². The maximum Gasteiger partial charge on any atom is 0.267 e. The number of nitrogens with two attached hydrogens (primary N) is 1. The van der Waals surface area contributed by atoms with E-state index < -0.39 is 5.91 Å². The van der Waals surface area contributed by atoms with Crippen molar-refractivity contribution in [1.29, 1.82) is 5.26 Å². The number of rotatable bonds is 6. The van der Waals surface area contributed by atoms with Gasteiger partial charge >= 0.3 is 0 Å². The van der Waals surface area contributed by atoms with Crippen LogP contribution >= 0.6 is 0 Å². The van der Waals surface area contributed by atoms with Gasteiger partial charge in [0.15, 0.2) is 11.5 Å². The summed E-state index contributed by atoms with van der Waals surface area (Å²) in [5.41, 5.74) is 8.44. The molecule has 0 heterocycles. The molecule has 4 N–H and O–H groups in total. The highest BCUT2D eigenvalue weighted by atomic mass is 16.5. The van der Waals surface area contributed by atoms with E-state index in [-0.39, 0.29) is 5.57 Å². The smallest absolute Gasteiger partial charge is 0.267 e. The maximum absolute atomic E-state index is 12.3. The van der Waals surface area contributed by atoms with Crippen molar-refractivity contribution in [2.75, 3.05) is 30.6 Å². The molecule has 7 nitrogen and oxygen atoms in total. The number of hydrogen-bond donors (Lipinski definition) is 3. The minimum Gasteiger partial charge on any atom is -0.493 e. The van der Waals surface area contributed by atoms with Crippen LogP contribution in [0.1, 0.15) is 5.56 Å². The number of nitriles is 1. The van der Waals surface area contributed by atoms with E-state index in [2.05, 4.69) is 10.6 Å². The van der Waals surface area contributed by atoms with Crippen molar-refractivity contribution in [2.45, 2.75) is 6.92 Å². The Kier molecular flexibility index (Phi) is 6.06. The second kappa shape index (κ2) is 8.44. The van der Waals surface area contributed by atoms with Crippen molar-refractivity contribution in [2.24, 2.45) is 0 Å². The van der Waals surface area contributed by atoms with Gasteiger partial charge in [-0.15, -0.1) is 0 Å². The largest absolute Gasteiger partial charge is 0.493 e. The molecule has 134 valence electrons. The Morgan fingerprint density at radius 2 is 1.88 bits per heavy atom. The lowest BCUT2D eigenvalue weighted by Crippen LogP contribution is -2.14. The molecule has 0 atom stereocenters. The van der Waals surface area contributed by atoms with Crippen LogP contribution in [0, 0.1) is 18.3 Å². The highest BCUT2D eigenvalue weighted by molar-refractivity contribution is 6.06. The topological polar surface area (TPSA) is 109 Å². The quantitative estimate of drug-likeness (QED) is 0.419. The summed E-state index contributed by atoms with van der Waals surface area (Å²) in [6.45, 7) is 1.92. The second-order valence-corrected chi connectivity index (χ2v) is 5.43. The van der Waals surface area contributed by atoms with E-state index in [0.29, 0.717) is 28.6 Å². The molecule has 0 unspecified atom stereocenters. The summed E-state index contributed by atoms with van der Waals surface area (Å²) in [4.78, 5) is 12.3. The number of nitrogen functional groups attached to an aromatic ring is 1. The SMILES string of the molecule is COc1ccc(NC(=O)/C(C#N)=C\Nc2ccc(C)cc2N)cc1OC. The number of methoxy groups -OCH3 is 2. The number of hydrogen-bond acceptors (Lipinski definition) is 6. The number of carbonyl (C=O) groups excluding carboxylic acids is 1. The third-order valence-electron chi connectivity index (χ3n) is 3.59. The zero-order valence-corrected chi connectivity index (χ0v) is 14.8. The molecule has 1 amide bonds. The summed E-state index contributed by atoms with van der Waals surface area (Å²) in [5, 5.41) is 14.8. The van der Waals surface area contributed by atoms with Gasteiger partial charge in [-0.3, -0.25) is 4.79 Å². The monoisotopic (exact) mass is 352 g/mol. The van der Waals surface area contributed by atoms with E-state index >= 15 is 0 Å². The van der Waals surface area contributed by atoms with Gasteiger partial charge in [0.05, 0.1) is 25.6 Å². The number of amides is 1. The van der Waals surface area contributed by atoms with Crippen molar-refractivity contribution in [3.05, 3.63) is 53.7 Å². The third-order valence-corrected chi connectivity index (χ3v) is 3.59. The summed E-state index contributed by atoms with van der Waals surface area (Å²) in [5.74, 6) is 0.453. The number of carbonyl (C=O) groups is 1. The molecule has 0 radical (unpaired) electrons. The zero-order valence-electron chi connectivity index (χ0n) is 14.8. The molecule has 0 aliphatic carbocycles. The molecule has 0 aliphatic rings. The summed E-state index contributed by atoms with van der Waals surface area (Å²) in [7, 11) is 3.02. The highest BCUT2D eigenvalue weighted by Crippen LogP contribution is 2.29. The molecule has 0 fully saturated rings. The van der Waals surface area contributed by atoms with E-state index in [1.807, 2.05) is 19.1 Å². The molecule has 0 saturated heterocycles. The Morgan fingerprint density at radius 1 is 1.15 bits per heavy atom. The molecular weight excluding hydrogens is 332 g/mol. The number of nitrogens with one attached hydrogen (secondary N) is 2. The predicted octanol–water partition coefficient (Wildman–Crippen LogP) is 3.05. The van der Waals surface area contributed by atoms with Crippen LogP contribution in [0.2, 0.25) is 0 Å². The fourth-order valence-corrected chi connectivity index (χ4v) is 2.22. The van der Waals surface area contributed by atoms with E-state index in [4.69, 9.17) is 15.2 Å². The Balaban J connectivity index is 2.14. The standard InChI is InChI=1S/C19H20N4O3/c1-12-4-6-16(15(21)8-12)22-11-13(10-20)19(24)23-14-5-7-17(25-2)18(9-14)26-3/h4-9,11,22H,21H2,1-3H3,(H,23,24)/b13-11-. The van der Waals surface area contributed by atoms with Crippen LogP contribution in [0.3, 0.4) is 0 Å². The lowest BCUT2D eigenvalue weighted by atomic mass is 10.2. The Labute approximate surface area is 152 Å². The highest BCUT2D eigenvalue weighted by Gasteiger charge is 2.12. The van der Waals surface area contributed by atoms with Crippen LogP contribution in [-0.2, 0) is 4.79 Å². The second-order valence-electron chi connectivity index (χ2n) is 5.43. The van der Waals surface area contributed by atoms with Crippen LogP contribution in [0.4, 0.5) is 17.1 Å². The minimum atomic E-state index is -0.557. The Bertz CT molecular complexity index is 885. The molecule has 0 aromatic heterocycles. The number of benzene rings is 2. The van der Waals surface area contributed by atoms with Gasteiger partial charge in [-0.05, 0) is 36.8 Å². The van der Waals surface area contributed by atoms with Gasteiger partial charge in [0.25, 0.3) is 5.91 Å².